The maximum Gasteiger partial charge on any atom is 0.416 e. The maximum absolute atomic E-state index is 13.0. The zero-order valence-corrected chi connectivity index (χ0v) is 29.2. The summed E-state index contributed by atoms with van der Waals surface area (Å²) in [6, 6.07) is 20.8. The van der Waals surface area contributed by atoms with E-state index in [1.807, 2.05) is 74.5 Å². The SMILES string of the molecule is C=C(CC)CCC(=O)N1C(=O)OC[C@H]1Cc1ccccc1.C=CC#N.[C-]#[N+]CC[C@H](CC(=C)CC)C(=O)N1C(=O)OC[C@H]1Cc1ccccc1. The predicted octanol–water partition coefficient (Wildman–Crippen LogP) is 7.88. The van der Waals surface area contributed by atoms with Gasteiger partial charge in [0.1, 0.15) is 13.2 Å². The van der Waals surface area contributed by atoms with Gasteiger partial charge in [0.25, 0.3) is 0 Å². The molecule has 0 unspecified atom stereocenters. The Hall–Kier alpha value is -5.48. The van der Waals surface area contributed by atoms with E-state index in [0.717, 1.165) is 35.1 Å². The molecule has 4 amide bonds. The highest BCUT2D eigenvalue weighted by molar-refractivity contribution is 5.95. The Morgan fingerprint density at radius 2 is 1.38 bits per heavy atom. The van der Waals surface area contributed by atoms with Crippen LogP contribution in [-0.2, 0) is 31.9 Å². The van der Waals surface area contributed by atoms with Gasteiger partial charge in [-0.3, -0.25) is 9.59 Å². The minimum Gasteiger partial charge on any atom is -0.447 e. The van der Waals surface area contributed by atoms with Gasteiger partial charge in [-0.25, -0.2) is 26.0 Å². The molecule has 2 aliphatic rings. The molecule has 3 atom stereocenters. The Bertz CT molecular complexity index is 1540. The molecule has 4 rings (SSSR count). The zero-order chi connectivity index (χ0) is 36.9. The van der Waals surface area contributed by atoms with Gasteiger partial charge in [-0.15, -0.1) is 0 Å². The number of amides is 4. The standard InChI is InChI=1S/C20H24N2O3.C17H21NO3.C3H3N/c1-4-15(2)12-17(10-11-21-3)19(23)22-18(14-25-20(22)24)13-16-8-6-5-7-9-16;1-3-13(2)9-10-16(19)18-15(12-21-17(18)20)11-14-7-5-4-6-8-14;1-2-3-4/h5-9,17-18H,2,4,10-14H2,1H3;4-8,15H,2-3,9-12H2,1H3;2H,1H2/t17-,18-;15-;/m11./s1. The lowest BCUT2D eigenvalue weighted by Gasteiger charge is -2.24. The third-order valence-corrected chi connectivity index (χ3v) is 8.31. The van der Waals surface area contributed by atoms with E-state index in [-0.39, 0.29) is 43.7 Å². The second-order valence-corrected chi connectivity index (χ2v) is 11.9. The van der Waals surface area contributed by atoms with Gasteiger partial charge in [0.15, 0.2) is 0 Å². The van der Waals surface area contributed by atoms with Crippen LogP contribution in [0.25, 0.3) is 4.85 Å². The second kappa shape index (κ2) is 22.2. The number of hydrogen-bond donors (Lipinski definition) is 0. The van der Waals surface area contributed by atoms with Gasteiger partial charge in [-0.2, -0.15) is 5.26 Å². The number of carbonyl (C=O) groups excluding carboxylic acids is 4. The number of benzene rings is 2. The van der Waals surface area contributed by atoms with E-state index in [0.29, 0.717) is 38.5 Å². The molecule has 2 aromatic carbocycles. The number of ether oxygens (including phenoxy) is 2. The first-order valence-electron chi connectivity index (χ1n) is 16.8. The highest BCUT2D eigenvalue weighted by Crippen LogP contribution is 2.25. The molecule has 0 radical (unpaired) electrons. The molecular weight excluding hydrogens is 632 g/mol. The maximum atomic E-state index is 13.0. The van der Waals surface area contributed by atoms with Crippen LogP contribution in [0.15, 0.2) is 97.6 Å². The number of imide groups is 2. The first kappa shape index (κ1) is 40.7. The largest absolute Gasteiger partial charge is 0.447 e. The van der Waals surface area contributed by atoms with Crippen molar-refractivity contribution in [3.63, 3.8) is 0 Å². The van der Waals surface area contributed by atoms with Crippen LogP contribution in [0.3, 0.4) is 0 Å². The third kappa shape index (κ3) is 13.2. The van der Waals surface area contributed by atoms with Crippen LogP contribution >= 0.6 is 0 Å². The van der Waals surface area contributed by atoms with Crippen LogP contribution in [0.4, 0.5) is 9.59 Å². The number of nitriles is 1. The van der Waals surface area contributed by atoms with Crippen molar-refractivity contribution in [2.45, 2.75) is 77.3 Å². The monoisotopic (exact) mass is 680 g/mol. The molecular formula is C40H48N4O6. The molecule has 0 aromatic heterocycles. The van der Waals surface area contributed by atoms with Crippen molar-refractivity contribution in [2.75, 3.05) is 19.8 Å². The highest BCUT2D eigenvalue weighted by Gasteiger charge is 2.41. The summed E-state index contributed by atoms with van der Waals surface area (Å²) in [6.07, 6.45) is 4.78. The zero-order valence-electron chi connectivity index (χ0n) is 29.2. The lowest BCUT2D eigenvalue weighted by atomic mass is 9.93. The Kier molecular flexibility index (Phi) is 18.1. The lowest BCUT2D eigenvalue weighted by Crippen LogP contribution is -2.43. The first-order valence-corrected chi connectivity index (χ1v) is 16.8. The number of cyclic esters (lactones) is 2. The molecule has 0 saturated carbocycles. The average Bonchev–Trinajstić information content (AvgIpc) is 3.69. The lowest BCUT2D eigenvalue weighted by molar-refractivity contribution is -0.133. The van der Waals surface area contributed by atoms with Crippen LogP contribution in [0.2, 0.25) is 0 Å². The summed E-state index contributed by atoms with van der Waals surface area (Å²) in [5.74, 6) is -0.819. The summed E-state index contributed by atoms with van der Waals surface area (Å²) in [5.41, 5.74) is 4.13. The Morgan fingerprint density at radius 3 is 1.84 bits per heavy atom. The quantitative estimate of drug-likeness (QED) is 0.113. The summed E-state index contributed by atoms with van der Waals surface area (Å²) in [7, 11) is 0. The van der Waals surface area contributed by atoms with E-state index in [9.17, 15) is 19.2 Å². The second-order valence-electron chi connectivity index (χ2n) is 11.9. The molecule has 10 heteroatoms. The Balaban J connectivity index is 0.000000317. The van der Waals surface area contributed by atoms with Crippen LogP contribution in [-0.4, -0.2) is 65.6 Å². The summed E-state index contributed by atoms with van der Waals surface area (Å²) in [5, 5.41) is 7.51. The molecule has 50 heavy (non-hydrogen) atoms. The van der Waals surface area contributed by atoms with Crippen LogP contribution < -0.4 is 0 Å². The van der Waals surface area contributed by atoms with Crippen LogP contribution in [0, 0.1) is 23.8 Å². The molecule has 264 valence electrons. The molecule has 2 aromatic rings. The van der Waals surface area contributed by atoms with E-state index in [1.54, 1.807) is 6.07 Å². The summed E-state index contributed by atoms with van der Waals surface area (Å²) >= 11 is 0. The molecule has 0 spiro atoms. The minimum atomic E-state index is -0.583. The van der Waals surface area contributed by atoms with Gasteiger partial charge >= 0.3 is 12.2 Å². The van der Waals surface area contributed by atoms with Gasteiger partial charge in [0, 0.05) is 24.8 Å². The third-order valence-electron chi connectivity index (χ3n) is 8.31. The van der Waals surface area contributed by atoms with Gasteiger partial charge in [0.05, 0.1) is 18.2 Å². The fraction of sp³-hybridized carbons (Fsp3) is 0.400. The summed E-state index contributed by atoms with van der Waals surface area (Å²) in [4.78, 5) is 55.1. The Morgan fingerprint density at radius 1 is 0.900 bits per heavy atom. The molecule has 0 bridgehead atoms. The van der Waals surface area contributed by atoms with Crippen molar-refractivity contribution in [3.8, 4) is 6.07 Å². The minimum absolute atomic E-state index is 0.173. The molecule has 10 nitrogen and oxygen atoms in total. The molecule has 2 aliphatic heterocycles. The molecule has 0 N–H and O–H groups in total. The van der Waals surface area contributed by atoms with E-state index >= 15 is 0 Å². The van der Waals surface area contributed by atoms with Crippen LogP contribution in [0.1, 0.15) is 63.5 Å². The van der Waals surface area contributed by atoms with Crippen molar-refractivity contribution in [1.82, 2.24) is 9.80 Å². The number of allylic oxidation sites excluding steroid dienone is 3. The van der Waals surface area contributed by atoms with Crippen molar-refractivity contribution >= 4 is 24.0 Å². The molecule has 2 saturated heterocycles. The van der Waals surface area contributed by atoms with Crippen LogP contribution in [0.5, 0.6) is 0 Å². The first-order chi connectivity index (χ1) is 24.1. The normalized spacial score (nSPS) is 16.6. The summed E-state index contributed by atoms with van der Waals surface area (Å²) < 4.78 is 10.2. The van der Waals surface area contributed by atoms with Crippen molar-refractivity contribution < 1.29 is 28.7 Å². The number of nitrogens with zero attached hydrogens (tertiary/aromatic N) is 4. The van der Waals surface area contributed by atoms with E-state index in [2.05, 4.69) is 24.6 Å². The summed E-state index contributed by atoms with van der Waals surface area (Å²) in [6.45, 7) is 22.7. The fourth-order valence-corrected chi connectivity index (χ4v) is 5.37. The number of hydrogen-bond acceptors (Lipinski definition) is 7. The molecule has 0 aliphatic carbocycles. The highest BCUT2D eigenvalue weighted by atomic mass is 16.6. The van der Waals surface area contributed by atoms with Crippen molar-refractivity contribution in [3.05, 3.63) is 120 Å². The van der Waals surface area contributed by atoms with Gasteiger partial charge in [0.2, 0.25) is 18.4 Å². The Labute approximate surface area is 296 Å². The molecule has 2 fully saturated rings. The van der Waals surface area contributed by atoms with Gasteiger partial charge < -0.3 is 14.3 Å². The smallest absolute Gasteiger partial charge is 0.416 e. The topological polar surface area (TPSA) is 121 Å². The predicted molar refractivity (Wildman–Crippen MR) is 192 cm³/mol. The fourth-order valence-electron chi connectivity index (χ4n) is 5.37. The number of carbonyl (C=O) groups is 4. The van der Waals surface area contributed by atoms with E-state index in [1.165, 1.54) is 15.9 Å². The number of rotatable bonds is 14. The molecule has 2 heterocycles. The van der Waals surface area contributed by atoms with Gasteiger partial charge in [-0.1, -0.05) is 105 Å². The van der Waals surface area contributed by atoms with Gasteiger partial charge in [-0.05, 0) is 49.7 Å². The van der Waals surface area contributed by atoms with E-state index in [4.69, 9.17) is 21.3 Å². The van der Waals surface area contributed by atoms with Crippen molar-refractivity contribution in [1.29, 1.82) is 5.26 Å². The van der Waals surface area contributed by atoms with Crippen molar-refractivity contribution in [2.24, 2.45) is 5.92 Å². The average molecular weight is 681 g/mol. The van der Waals surface area contributed by atoms with E-state index < -0.39 is 18.1 Å².